The van der Waals surface area contributed by atoms with E-state index < -0.39 is 10.7 Å². The van der Waals surface area contributed by atoms with Crippen LogP contribution in [0.2, 0.25) is 0 Å². The highest BCUT2D eigenvalue weighted by atomic mass is 19.1. The number of nitriles is 1. The van der Waals surface area contributed by atoms with Crippen LogP contribution in [0.25, 0.3) is 17.3 Å². The molecule has 1 aromatic heterocycles. The van der Waals surface area contributed by atoms with Crippen molar-refractivity contribution in [3.63, 3.8) is 0 Å². The molecular formula is C22H18FN3O3. The van der Waals surface area contributed by atoms with Gasteiger partial charge < -0.3 is 9.30 Å². The van der Waals surface area contributed by atoms with Crippen molar-refractivity contribution in [2.75, 3.05) is 7.11 Å². The Kier molecular flexibility index (Phi) is 5.46. The molecule has 6 nitrogen and oxygen atoms in total. The van der Waals surface area contributed by atoms with Crippen LogP contribution in [0.3, 0.4) is 0 Å². The molecule has 146 valence electrons. The van der Waals surface area contributed by atoms with E-state index in [1.807, 2.05) is 30.6 Å². The number of methoxy groups -OCH3 is 1. The number of non-ortho nitro benzene ring substituents is 1. The number of nitro benzene ring substituents is 1. The van der Waals surface area contributed by atoms with Crippen LogP contribution < -0.4 is 4.74 Å². The summed E-state index contributed by atoms with van der Waals surface area (Å²) in [6.07, 6.45) is 1.61. The van der Waals surface area contributed by atoms with E-state index in [0.717, 1.165) is 11.4 Å². The molecule has 0 saturated heterocycles. The molecular weight excluding hydrogens is 373 g/mol. The van der Waals surface area contributed by atoms with Gasteiger partial charge >= 0.3 is 0 Å². The Morgan fingerprint density at radius 3 is 2.59 bits per heavy atom. The van der Waals surface area contributed by atoms with Crippen LogP contribution in [0.1, 0.15) is 22.5 Å². The molecule has 0 aliphatic rings. The molecule has 0 radical (unpaired) electrons. The minimum absolute atomic E-state index is 0.0607. The van der Waals surface area contributed by atoms with Gasteiger partial charge in [-0.05, 0) is 43.7 Å². The van der Waals surface area contributed by atoms with E-state index in [1.54, 1.807) is 30.3 Å². The molecule has 0 unspecified atom stereocenters. The third kappa shape index (κ3) is 3.73. The molecule has 2 aromatic carbocycles. The SMILES string of the molecule is COc1ccc([N+](=O)[O-])cc1-n1c(C)cc(C=C(C#N)c2ccccc2F)c1C. The number of aryl methyl sites for hydroxylation is 1. The lowest BCUT2D eigenvalue weighted by molar-refractivity contribution is -0.384. The zero-order valence-electron chi connectivity index (χ0n) is 16.1. The number of rotatable bonds is 5. The number of ether oxygens (including phenoxy) is 1. The van der Waals surface area contributed by atoms with Gasteiger partial charge in [-0.2, -0.15) is 5.26 Å². The average Bonchev–Trinajstić information content (AvgIpc) is 2.99. The first-order valence-electron chi connectivity index (χ1n) is 8.75. The largest absolute Gasteiger partial charge is 0.495 e. The van der Waals surface area contributed by atoms with Crippen LogP contribution in [0, 0.1) is 41.1 Å². The fraction of sp³-hybridized carbons (Fsp3) is 0.136. The normalized spacial score (nSPS) is 11.2. The Hall–Kier alpha value is -3.92. The zero-order valence-corrected chi connectivity index (χ0v) is 16.1. The summed E-state index contributed by atoms with van der Waals surface area (Å²) in [5.41, 5.74) is 3.09. The van der Waals surface area contributed by atoms with Crippen molar-refractivity contribution < 1.29 is 14.1 Å². The summed E-state index contributed by atoms with van der Waals surface area (Å²) >= 11 is 0. The Morgan fingerprint density at radius 1 is 1.24 bits per heavy atom. The van der Waals surface area contributed by atoms with Crippen molar-refractivity contribution in [1.82, 2.24) is 4.57 Å². The second-order valence-electron chi connectivity index (χ2n) is 6.42. The zero-order chi connectivity index (χ0) is 21.1. The fourth-order valence-electron chi connectivity index (χ4n) is 3.28. The molecule has 0 aliphatic heterocycles. The molecule has 0 bridgehead atoms. The Labute approximate surface area is 167 Å². The van der Waals surface area contributed by atoms with Gasteiger partial charge in [0.1, 0.15) is 11.6 Å². The number of nitrogens with zero attached hydrogens (tertiary/aromatic N) is 3. The number of benzene rings is 2. The summed E-state index contributed by atoms with van der Waals surface area (Å²) in [7, 11) is 1.49. The van der Waals surface area contributed by atoms with Gasteiger partial charge in [0.2, 0.25) is 0 Å². The van der Waals surface area contributed by atoms with Gasteiger partial charge in [0, 0.05) is 29.1 Å². The second-order valence-corrected chi connectivity index (χ2v) is 6.42. The van der Waals surface area contributed by atoms with Gasteiger partial charge in [-0.3, -0.25) is 10.1 Å². The lowest BCUT2D eigenvalue weighted by atomic mass is 10.0. The number of halogens is 1. The molecule has 0 N–H and O–H groups in total. The first kappa shape index (κ1) is 19.8. The van der Waals surface area contributed by atoms with Crippen molar-refractivity contribution in [2.24, 2.45) is 0 Å². The first-order chi connectivity index (χ1) is 13.9. The van der Waals surface area contributed by atoms with Gasteiger partial charge in [-0.15, -0.1) is 0 Å². The molecule has 0 fully saturated rings. The van der Waals surface area contributed by atoms with Gasteiger partial charge in [-0.1, -0.05) is 18.2 Å². The highest BCUT2D eigenvalue weighted by molar-refractivity contribution is 5.90. The van der Waals surface area contributed by atoms with E-state index in [4.69, 9.17) is 4.74 Å². The Morgan fingerprint density at radius 2 is 1.97 bits per heavy atom. The summed E-state index contributed by atoms with van der Waals surface area (Å²) in [5, 5.41) is 20.7. The number of hydrogen-bond acceptors (Lipinski definition) is 4. The molecule has 0 aliphatic carbocycles. The standard InChI is InChI=1S/C22H18FN3O3/c1-14-10-16(11-17(13-24)19-6-4-5-7-20(19)23)15(2)25(14)21-12-18(26(27)28)8-9-22(21)29-3/h4-12H,1-3H3. The summed E-state index contributed by atoms with van der Waals surface area (Å²) in [6.45, 7) is 3.67. The minimum atomic E-state index is -0.477. The summed E-state index contributed by atoms with van der Waals surface area (Å²) in [4.78, 5) is 10.7. The molecule has 7 heteroatoms. The highest BCUT2D eigenvalue weighted by Crippen LogP contribution is 2.32. The van der Waals surface area contributed by atoms with Crippen LogP contribution in [0.15, 0.2) is 48.5 Å². The van der Waals surface area contributed by atoms with Crippen LogP contribution in [0.4, 0.5) is 10.1 Å². The topological polar surface area (TPSA) is 81.1 Å². The monoisotopic (exact) mass is 391 g/mol. The van der Waals surface area contributed by atoms with E-state index in [9.17, 15) is 19.8 Å². The van der Waals surface area contributed by atoms with E-state index in [1.165, 1.54) is 25.3 Å². The van der Waals surface area contributed by atoms with Crippen molar-refractivity contribution >= 4 is 17.3 Å². The second kappa shape index (κ2) is 7.98. The highest BCUT2D eigenvalue weighted by Gasteiger charge is 2.18. The maximum atomic E-state index is 14.1. The van der Waals surface area contributed by atoms with E-state index >= 15 is 0 Å². The van der Waals surface area contributed by atoms with Crippen molar-refractivity contribution in [3.05, 3.63) is 87.0 Å². The Balaban J connectivity index is 2.18. The first-order valence-corrected chi connectivity index (χ1v) is 8.75. The molecule has 1 heterocycles. The lowest BCUT2D eigenvalue weighted by Crippen LogP contribution is -2.03. The molecule has 29 heavy (non-hydrogen) atoms. The number of aromatic nitrogens is 1. The van der Waals surface area contributed by atoms with E-state index in [2.05, 4.69) is 0 Å². The third-order valence-electron chi connectivity index (χ3n) is 4.67. The lowest BCUT2D eigenvalue weighted by Gasteiger charge is -2.14. The maximum absolute atomic E-state index is 14.1. The fourth-order valence-corrected chi connectivity index (χ4v) is 3.28. The average molecular weight is 391 g/mol. The number of allylic oxidation sites excluding steroid dienone is 1. The molecule has 0 spiro atoms. The van der Waals surface area contributed by atoms with Crippen LogP contribution in [-0.4, -0.2) is 16.6 Å². The predicted molar refractivity (Wildman–Crippen MR) is 108 cm³/mol. The summed E-state index contributed by atoms with van der Waals surface area (Å²) < 4.78 is 21.3. The third-order valence-corrected chi connectivity index (χ3v) is 4.67. The van der Waals surface area contributed by atoms with E-state index in [-0.39, 0.29) is 16.8 Å². The summed E-state index contributed by atoms with van der Waals surface area (Å²) in [6, 6.07) is 14.3. The number of hydrogen-bond donors (Lipinski definition) is 0. The minimum Gasteiger partial charge on any atom is -0.495 e. The van der Waals surface area contributed by atoms with E-state index in [0.29, 0.717) is 17.0 Å². The van der Waals surface area contributed by atoms with Gasteiger partial charge in [0.15, 0.2) is 0 Å². The maximum Gasteiger partial charge on any atom is 0.271 e. The molecule has 0 saturated carbocycles. The quantitative estimate of drug-likeness (QED) is 0.339. The van der Waals surface area contributed by atoms with Crippen LogP contribution in [-0.2, 0) is 0 Å². The molecule has 0 atom stereocenters. The number of nitro groups is 1. The van der Waals surface area contributed by atoms with Crippen molar-refractivity contribution in [1.29, 1.82) is 5.26 Å². The van der Waals surface area contributed by atoms with Crippen LogP contribution >= 0.6 is 0 Å². The van der Waals surface area contributed by atoms with Crippen molar-refractivity contribution in [3.8, 4) is 17.5 Å². The van der Waals surface area contributed by atoms with Gasteiger partial charge in [0.25, 0.3) is 5.69 Å². The molecule has 3 aromatic rings. The summed E-state index contributed by atoms with van der Waals surface area (Å²) in [5.74, 6) is -0.00278. The van der Waals surface area contributed by atoms with Crippen molar-refractivity contribution in [2.45, 2.75) is 13.8 Å². The Bertz CT molecular complexity index is 1170. The molecule has 3 rings (SSSR count). The van der Waals surface area contributed by atoms with Crippen LogP contribution in [0.5, 0.6) is 5.75 Å². The van der Waals surface area contributed by atoms with Gasteiger partial charge in [0.05, 0.1) is 29.4 Å². The predicted octanol–water partition coefficient (Wildman–Crippen LogP) is 5.21. The smallest absolute Gasteiger partial charge is 0.271 e. The van der Waals surface area contributed by atoms with Gasteiger partial charge in [-0.25, -0.2) is 4.39 Å². The molecule has 0 amide bonds.